The molecule has 0 aliphatic carbocycles. The lowest BCUT2D eigenvalue weighted by Crippen LogP contribution is -2.25. The zero-order valence-corrected chi connectivity index (χ0v) is 12.8. The molecule has 2 aromatic rings. The van der Waals surface area contributed by atoms with E-state index in [9.17, 15) is 0 Å². The summed E-state index contributed by atoms with van der Waals surface area (Å²) < 4.78 is 0. The third kappa shape index (κ3) is 5.06. The summed E-state index contributed by atoms with van der Waals surface area (Å²) in [5.74, 6) is 0. The van der Waals surface area contributed by atoms with Crippen molar-refractivity contribution in [2.75, 3.05) is 0 Å². The van der Waals surface area contributed by atoms with E-state index in [2.05, 4.69) is 49.5 Å². The first kappa shape index (κ1) is 15.3. The Labute approximate surface area is 127 Å². The van der Waals surface area contributed by atoms with Crippen molar-refractivity contribution in [1.29, 1.82) is 5.26 Å². The molecule has 2 heteroatoms. The van der Waals surface area contributed by atoms with Gasteiger partial charge < -0.3 is 5.32 Å². The second-order valence-corrected chi connectivity index (χ2v) is 5.62. The molecule has 2 nitrogen and oxygen atoms in total. The van der Waals surface area contributed by atoms with Crippen LogP contribution < -0.4 is 5.32 Å². The Morgan fingerprint density at radius 1 is 1.10 bits per heavy atom. The number of nitrogens with zero attached hydrogens (tertiary/aromatic N) is 1. The highest BCUT2D eigenvalue weighted by atomic mass is 14.9. The smallest absolute Gasteiger partial charge is 0.0991 e. The Morgan fingerprint density at radius 2 is 1.86 bits per heavy atom. The van der Waals surface area contributed by atoms with E-state index in [-0.39, 0.29) is 0 Å². The van der Waals surface area contributed by atoms with E-state index < -0.39 is 0 Å². The summed E-state index contributed by atoms with van der Waals surface area (Å²) in [4.78, 5) is 0. The number of hydrogen-bond donors (Lipinski definition) is 1. The summed E-state index contributed by atoms with van der Waals surface area (Å²) in [6, 6.07) is 19.1. The maximum Gasteiger partial charge on any atom is 0.0991 e. The molecule has 0 radical (unpaired) electrons. The van der Waals surface area contributed by atoms with E-state index in [0.29, 0.717) is 11.6 Å². The van der Waals surface area contributed by atoms with Crippen LogP contribution in [0.2, 0.25) is 0 Å². The number of benzene rings is 2. The molecule has 21 heavy (non-hydrogen) atoms. The van der Waals surface area contributed by atoms with Crippen molar-refractivity contribution >= 4 is 0 Å². The van der Waals surface area contributed by atoms with Gasteiger partial charge in [-0.1, -0.05) is 42.0 Å². The van der Waals surface area contributed by atoms with Crippen molar-refractivity contribution in [2.45, 2.75) is 39.3 Å². The van der Waals surface area contributed by atoms with Gasteiger partial charge >= 0.3 is 0 Å². The molecule has 0 bridgehead atoms. The molecule has 1 unspecified atom stereocenters. The summed E-state index contributed by atoms with van der Waals surface area (Å²) in [7, 11) is 0. The van der Waals surface area contributed by atoms with E-state index in [1.807, 2.05) is 24.3 Å². The van der Waals surface area contributed by atoms with Crippen LogP contribution in [0.4, 0.5) is 0 Å². The van der Waals surface area contributed by atoms with Gasteiger partial charge in [-0.15, -0.1) is 0 Å². The SMILES string of the molecule is Cc1cccc(CCC(C)NCc2ccc(C#N)cc2)c1. The number of aryl methyl sites for hydroxylation is 2. The molecule has 0 saturated heterocycles. The van der Waals surface area contributed by atoms with Crippen molar-refractivity contribution in [3.8, 4) is 6.07 Å². The van der Waals surface area contributed by atoms with Gasteiger partial charge in [0.25, 0.3) is 0 Å². The highest BCUT2D eigenvalue weighted by Crippen LogP contribution is 2.09. The van der Waals surface area contributed by atoms with E-state index in [0.717, 1.165) is 19.4 Å². The Morgan fingerprint density at radius 3 is 2.52 bits per heavy atom. The minimum Gasteiger partial charge on any atom is -0.310 e. The number of hydrogen-bond acceptors (Lipinski definition) is 2. The number of nitriles is 1. The zero-order chi connectivity index (χ0) is 15.1. The fraction of sp³-hybridized carbons (Fsp3) is 0.316. The van der Waals surface area contributed by atoms with Crippen LogP contribution in [-0.2, 0) is 13.0 Å². The molecule has 0 aromatic heterocycles. The average molecular weight is 278 g/mol. The summed E-state index contributed by atoms with van der Waals surface area (Å²) in [6.07, 6.45) is 2.23. The van der Waals surface area contributed by atoms with Gasteiger partial charge in [0.2, 0.25) is 0 Å². The minimum absolute atomic E-state index is 0.473. The fourth-order valence-electron chi connectivity index (χ4n) is 2.34. The van der Waals surface area contributed by atoms with Gasteiger partial charge in [0, 0.05) is 12.6 Å². The Balaban J connectivity index is 1.76. The van der Waals surface area contributed by atoms with Crippen LogP contribution in [0.3, 0.4) is 0 Å². The summed E-state index contributed by atoms with van der Waals surface area (Å²) in [6.45, 7) is 5.20. The molecule has 108 valence electrons. The van der Waals surface area contributed by atoms with Gasteiger partial charge in [-0.2, -0.15) is 5.26 Å². The second-order valence-electron chi connectivity index (χ2n) is 5.62. The Hall–Kier alpha value is -2.11. The van der Waals surface area contributed by atoms with Crippen LogP contribution in [0.15, 0.2) is 48.5 Å². The highest BCUT2D eigenvalue weighted by Gasteiger charge is 2.03. The molecule has 0 fully saturated rings. The van der Waals surface area contributed by atoms with Crippen LogP contribution in [-0.4, -0.2) is 6.04 Å². The van der Waals surface area contributed by atoms with Crippen LogP contribution in [0.1, 0.15) is 35.6 Å². The van der Waals surface area contributed by atoms with Crippen molar-refractivity contribution in [2.24, 2.45) is 0 Å². The topological polar surface area (TPSA) is 35.8 Å². The van der Waals surface area contributed by atoms with Crippen LogP contribution >= 0.6 is 0 Å². The second kappa shape index (κ2) is 7.61. The van der Waals surface area contributed by atoms with Crippen molar-refractivity contribution in [1.82, 2.24) is 5.32 Å². The largest absolute Gasteiger partial charge is 0.310 e. The predicted octanol–water partition coefficient (Wildman–Crippen LogP) is 3.98. The third-order valence-electron chi connectivity index (χ3n) is 3.69. The quantitative estimate of drug-likeness (QED) is 0.867. The predicted molar refractivity (Wildman–Crippen MR) is 87.0 cm³/mol. The Bertz CT molecular complexity index is 608. The van der Waals surface area contributed by atoms with Crippen molar-refractivity contribution in [3.05, 3.63) is 70.8 Å². The summed E-state index contributed by atoms with van der Waals surface area (Å²) in [5, 5.41) is 12.3. The number of rotatable bonds is 6. The molecule has 2 rings (SSSR count). The molecule has 0 spiro atoms. The lowest BCUT2D eigenvalue weighted by Gasteiger charge is -2.14. The minimum atomic E-state index is 0.473. The number of nitrogens with one attached hydrogen (secondary N) is 1. The normalized spacial score (nSPS) is 11.9. The molecule has 0 aliphatic rings. The van der Waals surface area contributed by atoms with E-state index in [1.165, 1.54) is 16.7 Å². The van der Waals surface area contributed by atoms with E-state index in [1.54, 1.807) is 0 Å². The van der Waals surface area contributed by atoms with Crippen LogP contribution in [0.5, 0.6) is 0 Å². The first-order valence-corrected chi connectivity index (χ1v) is 7.45. The third-order valence-corrected chi connectivity index (χ3v) is 3.69. The maximum atomic E-state index is 8.78. The van der Waals surface area contributed by atoms with Crippen molar-refractivity contribution < 1.29 is 0 Å². The first-order chi connectivity index (χ1) is 10.2. The van der Waals surface area contributed by atoms with E-state index >= 15 is 0 Å². The van der Waals surface area contributed by atoms with Crippen LogP contribution in [0, 0.1) is 18.3 Å². The highest BCUT2D eigenvalue weighted by molar-refractivity contribution is 5.31. The molecule has 0 aliphatic heterocycles. The molecular weight excluding hydrogens is 256 g/mol. The monoisotopic (exact) mass is 278 g/mol. The molecular formula is C19H22N2. The lowest BCUT2D eigenvalue weighted by molar-refractivity contribution is 0.514. The maximum absolute atomic E-state index is 8.78. The lowest BCUT2D eigenvalue weighted by atomic mass is 10.0. The molecule has 0 amide bonds. The molecule has 1 atom stereocenters. The molecule has 0 saturated carbocycles. The first-order valence-electron chi connectivity index (χ1n) is 7.45. The standard InChI is InChI=1S/C19H22N2/c1-15-4-3-5-17(12-15)7-6-16(2)21-14-19-10-8-18(13-20)9-11-19/h3-5,8-12,16,21H,6-7,14H2,1-2H3. The fourth-order valence-corrected chi connectivity index (χ4v) is 2.34. The van der Waals surface area contributed by atoms with Crippen LogP contribution in [0.25, 0.3) is 0 Å². The van der Waals surface area contributed by atoms with Gasteiger partial charge in [-0.3, -0.25) is 0 Å². The summed E-state index contributed by atoms with van der Waals surface area (Å²) in [5.41, 5.74) is 4.66. The molecule has 2 aromatic carbocycles. The van der Waals surface area contributed by atoms with Gasteiger partial charge in [-0.05, 0) is 49.9 Å². The molecule has 1 N–H and O–H groups in total. The zero-order valence-electron chi connectivity index (χ0n) is 12.8. The molecule has 0 heterocycles. The van der Waals surface area contributed by atoms with E-state index in [4.69, 9.17) is 5.26 Å². The average Bonchev–Trinajstić information content (AvgIpc) is 2.51. The van der Waals surface area contributed by atoms with Gasteiger partial charge in [0.05, 0.1) is 11.6 Å². The summed E-state index contributed by atoms with van der Waals surface area (Å²) >= 11 is 0. The van der Waals surface area contributed by atoms with Gasteiger partial charge in [-0.25, -0.2) is 0 Å². The van der Waals surface area contributed by atoms with Gasteiger partial charge in [0.15, 0.2) is 0 Å². The van der Waals surface area contributed by atoms with Crippen molar-refractivity contribution in [3.63, 3.8) is 0 Å². The van der Waals surface area contributed by atoms with Gasteiger partial charge in [0.1, 0.15) is 0 Å². The Kier molecular flexibility index (Phi) is 5.54.